The van der Waals surface area contributed by atoms with E-state index in [4.69, 9.17) is 9.84 Å². The Hall–Kier alpha value is -3.35. The van der Waals surface area contributed by atoms with Gasteiger partial charge in [0.15, 0.2) is 0 Å². The van der Waals surface area contributed by atoms with Gasteiger partial charge >= 0.3 is 12.1 Å². The lowest BCUT2D eigenvalue weighted by molar-refractivity contribution is -0.139. The number of fused-ring (bicyclic) bond motifs is 3. The van der Waals surface area contributed by atoms with Gasteiger partial charge in [-0.25, -0.2) is 4.79 Å². The summed E-state index contributed by atoms with van der Waals surface area (Å²) in [4.78, 5) is 35.3. The first-order valence-electron chi connectivity index (χ1n) is 11.1. The van der Waals surface area contributed by atoms with Crippen molar-refractivity contribution in [3.05, 3.63) is 59.7 Å². The van der Waals surface area contributed by atoms with E-state index >= 15 is 0 Å². The molecule has 3 aliphatic carbocycles. The average Bonchev–Trinajstić information content (AvgIpc) is 3.71. The largest absolute Gasteiger partial charge is 0.481 e. The fraction of sp³-hybridized carbons (Fsp3) is 0.400. The third-order valence-corrected chi connectivity index (χ3v) is 6.89. The quantitative estimate of drug-likeness (QED) is 0.593. The molecule has 2 amide bonds. The minimum absolute atomic E-state index is 0.0182. The molecule has 2 saturated carbocycles. The normalized spacial score (nSPS) is 24.8. The number of rotatable bonds is 8. The predicted octanol–water partition coefficient (Wildman–Crippen LogP) is 3.00. The van der Waals surface area contributed by atoms with Crippen LogP contribution < -0.4 is 10.6 Å². The Morgan fingerprint density at radius 2 is 1.41 bits per heavy atom. The third kappa shape index (κ3) is 4.07. The van der Waals surface area contributed by atoms with Crippen molar-refractivity contribution in [2.45, 2.75) is 18.8 Å². The van der Waals surface area contributed by atoms with Crippen LogP contribution in [0.3, 0.4) is 0 Å². The van der Waals surface area contributed by atoms with Gasteiger partial charge in [0, 0.05) is 24.9 Å². The van der Waals surface area contributed by atoms with Gasteiger partial charge in [0.05, 0.1) is 5.92 Å². The number of hydrogen-bond acceptors (Lipinski definition) is 4. The van der Waals surface area contributed by atoms with E-state index in [0.29, 0.717) is 19.5 Å². The number of amides is 2. The minimum Gasteiger partial charge on any atom is -0.481 e. The third-order valence-electron chi connectivity index (χ3n) is 6.89. The predicted molar refractivity (Wildman–Crippen MR) is 117 cm³/mol. The summed E-state index contributed by atoms with van der Waals surface area (Å²) in [6.45, 7) is 1.08. The molecule has 0 aliphatic heterocycles. The molecule has 3 N–H and O–H groups in total. The number of benzene rings is 2. The maximum absolute atomic E-state index is 12.3. The van der Waals surface area contributed by atoms with Crippen molar-refractivity contribution in [3.8, 4) is 11.1 Å². The summed E-state index contributed by atoms with van der Waals surface area (Å²) in [7, 11) is 0. The fourth-order valence-corrected chi connectivity index (χ4v) is 4.80. The molecule has 0 bridgehead atoms. The van der Waals surface area contributed by atoms with E-state index in [9.17, 15) is 14.4 Å². The molecular formula is C25H26N2O5. The summed E-state index contributed by atoms with van der Waals surface area (Å²) < 4.78 is 5.53. The fourth-order valence-electron chi connectivity index (χ4n) is 4.80. The standard InChI is InChI=1S/C25H26N2O5/c28-23(26-11-15-10-21(15)24(29)30)20-9-14(20)12-27-25(31)32-13-22-18-7-3-1-5-16(18)17-6-2-4-8-19(17)22/h1-8,14-15,20-22H,9-13H2,(H,26,28)(H,27,31)(H,29,30)/t14?,15-,20?,21-/m0/s1. The van der Waals surface area contributed by atoms with E-state index in [1.807, 2.05) is 24.3 Å². The van der Waals surface area contributed by atoms with Crippen LogP contribution in [-0.2, 0) is 14.3 Å². The summed E-state index contributed by atoms with van der Waals surface area (Å²) >= 11 is 0. The monoisotopic (exact) mass is 434 g/mol. The molecule has 0 heterocycles. The summed E-state index contributed by atoms with van der Waals surface area (Å²) in [6, 6.07) is 16.4. The van der Waals surface area contributed by atoms with E-state index in [2.05, 4.69) is 34.9 Å². The maximum atomic E-state index is 12.3. The molecule has 0 saturated heterocycles. The molecule has 0 aromatic heterocycles. The molecule has 7 heteroatoms. The molecule has 166 valence electrons. The number of ether oxygens (including phenoxy) is 1. The van der Waals surface area contributed by atoms with Gasteiger partial charge in [0.2, 0.25) is 5.91 Å². The highest BCUT2D eigenvalue weighted by atomic mass is 16.5. The van der Waals surface area contributed by atoms with E-state index in [1.165, 1.54) is 22.3 Å². The Morgan fingerprint density at radius 3 is 2.03 bits per heavy atom. The van der Waals surface area contributed by atoms with Gasteiger partial charge in [-0.3, -0.25) is 9.59 Å². The van der Waals surface area contributed by atoms with Crippen LogP contribution in [-0.4, -0.2) is 42.8 Å². The lowest BCUT2D eigenvalue weighted by Gasteiger charge is -2.14. The molecule has 3 aliphatic rings. The minimum atomic E-state index is -0.791. The SMILES string of the molecule is O=C(NCC1CC1C(=O)NC[C@@H]1C[C@@H]1C(=O)O)OCC1c2ccccc2-c2ccccc21. The summed E-state index contributed by atoms with van der Waals surface area (Å²) in [5.41, 5.74) is 4.71. The Labute approximate surface area is 186 Å². The summed E-state index contributed by atoms with van der Waals surface area (Å²) in [5, 5.41) is 14.5. The highest BCUT2D eigenvalue weighted by molar-refractivity contribution is 5.82. The van der Waals surface area contributed by atoms with Crippen LogP contribution in [0.15, 0.2) is 48.5 Å². The van der Waals surface area contributed by atoms with Crippen molar-refractivity contribution in [2.24, 2.45) is 23.7 Å². The molecule has 2 unspecified atom stereocenters. The zero-order valence-electron chi connectivity index (χ0n) is 17.6. The Kier molecular flexibility index (Phi) is 5.33. The Balaban J connectivity index is 1.06. The molecule has 2 aromatic carbocycles. The van der Waals surface area contributed by atoms with Crippen LogP contribution in [0.25, 0.3) is 11.1 Å². The van der Waals surface area contributed by atoms with Gasteiger partial charge in [-0.1, -0.05) is 48.5 Å². The van der Waals surface area contributed by atoms with E-state index in [0.717, 1.165) is 6.42 Å². The molecule has 4 atom stereocenters. The smallest absolute Gasteiger partial charge is 0.407 e. The zero-order chi connectivity index (χ0) is 22.2. The molecule has 5 rings (SSSR count). The van der Waals surface area contributed by atoms with Gasteiger partial charge in [-0.15, -0.1) is 0 Å². The highest BCUT2D eigenvalue weighted by Crippen LogP contribution is 2.44. The first-order chi connectivity index (χ1) is 15.5. The highest BCUT2D eigenvalue weighted by Gasteiger charge is 2.46. The molecule has 0 spiro atoms. The number of alkyl carbamates (subject to hydrolysis) is 1. The van der Waals surface area contributed by atoms with E-state index in [1.54, 1.807) is 0 Å². The number of carboxylic acid groups (broad SMARTS) is 1. The second-order valence-electron chi connectivity index (χ2n) is 8.99. The zero-order valence-corrected chi connectivity index (χ0v) is 17.6. The topological polar surface area (TPSA) is 105 Å². The van der Waals surface area contributed by atoms with Gasteiger partial charge in [-0.05, 0) is 46.9 Å². The number of carboxylic acids is 1. The van der Waals surface area contributed by atoms with Crippen LogP contribution in [0.1, 0.15) is 29.9 Å². The first kappa shape index (κ1) is 20.5. The second-order valence-corrected chi connectivity index (χ2v) is 8.99. The number of hydrogen-bond donors (Lipinski definition) is 3. The lowest BCUT2D eigenvalue weighted by Crippen LogP contribution is -2.31. The van der Waals surface area contributed by atoms with Gasteiger partial charge in [0.1, 0.15) is 6.61 Å². The maximum Gasteiger partial charge on any atom is 0.407 e. The molecular weight excluding hydrogens is 408 g/mol. The lowest BCUT2D eigenvalue weighted by atomic mass is 9.98. The van der Waals surface area contributed by atoms with Crippen molar-refractivity contribution in [3.63, 3.8) is 0 Å². The van der Waals surface area contributed by atoms with Crippen molar-refractivity contribution in [1.29, 1.82) is 0 Å². The molecule has 7 nitrogen and oxygen atoms in total. The average molecular weight is 434 g/mol. The first-order valence-corrected chi connectivity index (χ1v) is 11.1. The van der Waals surface area contributed by atoms with Crippen LogP contribution in [0.4, 0.5) is 4.79 Å². The van der Waals surface area contributed by atoms with Crippen LogP contribution >= 0.6 is 0 Å². The molecule has 2 aromatic rings. The van der Waals surface area contributed by atoms with Crippen LogP contribution in [0, 0.1) is 23.7 Å². The van der Waals surface area contributed by atoms with E-state index in [-0.39, 0.29) is 42.1 Å². The number of aliphatic carboxylic acids is 1. The van der Waals surface area contributed by atoms with Crippen molar-refractivity contribution in [1.82, 2.24) is 10.6 Å². The molecule has 2 fully saturated rings. The van der Waals surface area contributed by atoms with Gasteiger partial charge in [-0.2, -0.15) is 0 Å². The molecule has 32 heavy (non-hydrogen) atoms. The summed E-state index contributed by atoms with van der Waals surface area (Å²) in [5.74, 6) is -1.12. The number of carbonyl (C=O) groups is 3. The second kappa shape index (κ2) is 8.30. The van der Waals surface area contributed by atoms with Crippen molar-refractivity contribution in [2.75, 3.05) is 19.7 Å². The van der Waals surface area contributed by atoms with Crippen molar-refractivity contribution >= 4 is 18.0 Å². The molecule has 0 radical (unpaired) electrons. The summed E-state index contributed by atoms with van der Waals surface area (Å²) in [6.07, 6.45) is 0.885. The van der Waals surface area contributed by atoms with Gasteiger partial charge in [0.25, 0.3) is 0 Å². The van der Waals surface area contributed by atoms with Crippen LogP contribution in [0.2, 0.25) is 0 Å². The van der Waals surface area contributed by atoms with E-state index < -0.39 is 12.1 Å². The number of carbonyl (C=O) groups excluding carboxylic acids is 2. The number of nitrogens with one attached hydrogen (secondary N) is 2. The Bertz CT molecular complexity index is 1020. The van der Waals surface area contributed by atoms with Gasteiger partial charge < -0.3 is 20.5 Å². The van der Waals surface area contributed by atoms with Crippen LogP contribution in [0.5, 0.6) is 0 Å². The Morgan fingerprint density at radius 1 is 0.844 bits per heavy atom. The van der Waals surface area contributed by atoms with Crippen molar-refractivity contribution < 1.29 is 24.2 Å².